The zero-order chi connectivity index (χ0) is 18.0. The predicted octanol–water partition coefficient (Wildman–Crippen LogP) is 4.08. The van der Waals surface area contributed by atoms with Crippen molar-refractivity contribution in [2.24, 2.45) is 0 Å². The predicted molar refractivity (Wildman–Crippen MR) is 85.8 cm³/mol. The third-order valence-electron chi connectivity index (χ3n) is 2.36. The second kappa shape index (κ2) is 6.44. The van der Waals surface area contributed by atoms with Crippen molar-refractivity contribution in [1.29, 1.82) is 0 Å². The van der Waals surface area contributed by atoms with Crippen molar-refractivity contribution >= 4 is 23.6 Å². The molecule has 2 amide bonds. The largest absolute Gasteiger partial charge is 0.443 e. The van der Waals surface area contributed by atoms with E-state index in [1.165, 1.54) is 12.1 Å². The van der Waals surface area contributed by atoms with Crippen LogP contribution in [0.25, 0.3) is 0 Å². The van der Waals surface area contributed by atoms with Crippen LogP contribution in [0.5, 0.6) is 0 Å². The highest BCUT2D eigenvalue weighted by atomic mass is 19.1. The fourth-order valence-electron chi connectivity index (χ4n) is 1.59. The number of halogens is 1. The Morgan fingerprint density at radius 1 is 1.00 bits per heavy atom. The van der Waals surface area contributed by atoms with Gasteiger partial charge in [0.2, 0.25) is 0 Å². The van der Waals surface area contributed by atoms with Gasteiger partial charge in [0, 0.05) is 5.69 Å². The number of carbonyl (C=O) groups excluding carboxylic acids is 2. The Bertz CT molecular complexity index is 575. The molecule has 0 aliphatic carbocycles. The number of benzene rings is 1. The van der Waals surface area contributed by atoms with Crippen LogP contribution >= 0.6 is 0 Å². The first kappa shape index (κ1) is 18.7. The Kier molecular flexibility index (Phi) is 5.24. The van der Waals surface area contributed by atoms with Crippen LogP contribution < -0.4 is 10.6 Å². The van der Waals surface area contributed by atoms with E-state index in [4.69, 9.17) is 15.2 Å². The number of ether oxygens (including phenoxy) is 2. The number of nitrogens with zero attached hydrogens (tertiary/aromatic N) is 1. The van der Waals surface area contributed by atoms with E-state index in [1.54, 1.807) is 41.5 Å². The van der Waals surface area contributed by atoms with Gasteiger partial charge in [0.1, 0.15) is 17.0 Å². The normalized spacial score (nSPS) is 11.8. The molecule has 0 heterocycles. The van der Waals surface area contributed by atoms with Crippen LogP contribution in [0.3, 0.4) is 0 Å². The monoisotopic (exact) mass is 326 g/mol. The number of hydrogen-bond acceptors (Lipinski definition) is 5. The molecule has 0 aromatic heterocycles. The number of carbonyl (C=O) groups is 2. The standard InChI is InChI=1S/C16H23FN2O4/c1-15(2,3)22-13(20)19(14(21)23-16(4,5)6)12-9-10(18)7-8-11(12)17/h7-9H,18H2,1-6H3. The van der Waals surface area contributed by atoms with E-state index in [2.05, 4.69) is 0 Å². The van der Waals surface area contributed by atoms with E-state index in [1.807, 2.05) is 0 Å². The Morgan fingerprint density at radius 2 is 1.43 bits per heavy atom. The van der Waals surface area contributed by atoms with Crippen molar-refractivity contribution in [3.05, 3.63) is 24.0 Å². The quantitative estimate of drug-likeness (QED) is 0.786. The van der Waals surface area contributed by atoms with Crippen molar-refractivity contribution in [3.8, 4) is 0 Å². The summed E-state index contributed by atoms with van der Waals surface area (Å²) in [6.45, 7) is 9.80. The molecule has 0 saturated carbocycles. The van der Waals surface area contributed by atoms with Gasteiger partial charge in [0.25, 0.3) is 0 Å². The fourth-order valence-corrected chi connectivity index (χ4v) is 1.59. The molecule has 0 fully saturated rings. The molecule has 0 radical (unpaired) electrons. The SMILES string of the molecule is CC(C)(C)OC(=O)N(C(=O)OC(C)(C)C)c1cc(N)ccc1F. The van der Waals surface area contributed by atoms with Gasteiger partial charge in [-0.2, -0.15) is 4.90 Å². The van der Waals surface area contributed by atoms with Crippen molar-refractivity contribution in [2.45, 2.75) is 52.7 Å². The maximum Gasteiger partial charge on any atom is 0.424 e. The summed E-state index contributed by atoms with van der Waals surface area (Å²) in [4.78, 5) is 25.2. The average Bonchev–Trinajstić information content (AvgIpc) is 2.29. The topological polar surface area (TPSA) is 81.9 Å². The van der Waals surface area contributed by atoms with Crippen LogP contribution in [0, 0.1) is 5.82 Å². The number of amides is 2. The smallest absolute Gasteiger partial charge is 0.424 e. The minimum atomic E-state index is -1.05. The Morgan fingerprint density at radius 3 is 1.83 bits per heavy atom. The van der Waals surface area contributed by atoms with Gasteiger partial charge in [0.05, 0.1) is 5.69 Å². The summed E-state index contributed by atoms with van der Waals surface area (Å²) < 4.78 is 24.4. The van der Waals surface area contributed by atoms with Gasteiger partial charge in [-0.25, -0.2) is 14.0 Å². The number of rotatable bonds is 1. The van der Waals surface area contributed by atoms with Gasteiger partial charge in [-0.3, -0.25) is 0 Å². The van der Waals surface area contributed by atoms with E-state index in [9.17, 15) is 14.0 Å². The second-order valence-corrected chi connectivity index (χ2v) is 7.01. The van der Waals surface area contributed by atoms with Crippen molar-refractivity contribution in [3.63, 3.8) is 0 Å². The summed E-state index contributed by atoms with van der Waals surface area (Å²) in [5.41, 5.74) is 3.76. The first-order valence-electron chi connectivity index (χ1n) is 7.11. The lowest BCUT2D eigenvalue weighted by Gasteiger charge is -2.28. The molecular weight excluding hydrogens is 303 g/mol. The summed E-state index contributed by atoms with van der Waals surface area (Å²) in [5, 5.41) is 0. The number of nitrogens with two attached hydrogens (primary N) is 1. The van der Waals surface area contributed by atoms with Crippen LogP contribution in [0.4, 0.5) is 25.4 Å². The maximum atomic E-state index is 14.1. The lowest BCUT2D eigenvalue weighted by atomic mass is 10.2. The number of hydrogen-bond donors (Lipinski definition) is 1. The highest BCUT2D eigenvalue weighted by Crippen LogP contribution is 2.26. The molecule has 0 atom stereocenters. The zero-order valence-electron chi connectivity index (χ0n) is 14.3. The van der Waals surface area contributed by atoms with Crippen molar-refractivity contribution in [2.75, 3.05) is 10.6 Å². The molecule has 0 bridgehead atoms. The van der Waals surface area contributed by atoms with E-state index in [0.717, 1.165) is 6.07 Å². The molecule has 23 heavy (non-hydrogen) atoms. The minimum Gasteiger partial charge on any atom is -0.443 e. The first-order chi connectivity index (χ1) is 10.3. The van der Waals surface area contributed by atoms with Gasteiger partial charge in [-0.05, 0) is 59.7 Å². The Balaban J connectivity index is 3.28. The summed E-state index contributed by atoms with van der Waals surface area (Å²) in [6, 6.07) is 3.55. The highest BCUT2D eigenvalue weighted by molar-refractivity contribution is 6.09. The number of imide groups is 1. The third kappa shape index (κ3) is 5.77. The Labute approximate surface area is 135 Å². The summed E-state index contributed by atoms with van der Waals surface area (Å²) in [6.07, 6.45) is -2.09. The van der Waals surface area contributed by atoms with Crippen molar-refractivity contribution in [1.82, 2.24) is 0 Å². The number of nitrogen functional groups attached to an aromatic ring is 1. The van der Waals surface area contributed by atoms with E-state index >= 15 is 0 Å². The van der Waals surface area contributed by atoms with E-state index in [-0.39, 0.29) is 11.4 Å². The molecule has 0 aliphatic heterocycles. The molecule has 1 rings (SSSR count). The third-order valence-corrected chi connectivity index (χ3v) is 2.36. The molecule has 1 aromatic carbocycles. The Hall–Kier alpha value is -2.31. The molecule has 1 aromatic rings. The van der Waals surface area contributed by atoms with Crippen molar-refractivity contribution < 1.29 is 23.5 Å². The number of anilines is 2. The van der Waals surface area contributed by atoms with Crippen LogP contribution in [-0.2, 0) is 9.47 Å². The molecule has 0 saturated heterocycles. The summed E-state index contributed by atoms with van der Waals surface area (Å²) in [5.74, 6) is -0.795. The van der Waals surface area contributed by atoms with Crippen LogP contribution in [0.2, 0.25) is 0 Å². The zero-order valence-corrected chi connectivity index (χ0v) is 14.3. The lowest BCUT2D eigenvalue weighted by molar-refractivity contribution is 0.0429. The first-order valence-corrected chi connectivity index (χ1v) is 7.11. The molecule has 0 spiro atoms. The van der Waals surface area contributed by atoms with E-state index in [0.29, 0.717) is 4.90 Å². The summed E-state index contributed by atoms with van der Waals surface area (Å²) >= 11 is 0. The average molecular weight is 326 g/mol. The molecule has 0 aliphatic rings. The van der Waals surface area contributed by atoms with Gasteiger partial charge < -0.3 is 15.2 Å². The van der Waals surface area contributed by atoms with Gasteiger partial charge in [0.15, 0.2) is 0 Å². The highest BCUT2D eigenvalue weighted by Gasteiger charge is 2.34. The lowest BCUT2D eigenvalue weighted by Crippen LogP contribution is -2.44. The van der Waals surface area contributed by atoms with Gasteiger partial charge in [-0.15, -0.1) is 0 Å². The van der Waals surface area contributed by atoms with Crippen LogP contribution in [0.1, 0.15) is 41.5 Å². The van der Waals surface area contributed by atoms with Gasteiger partial charge >= 0.3 is 12.2 Å². The molecular formula is C16H23FN2O4. The minimum absolute atomic E-state index is 0.193. The molecule has 2 N–H and O–H groups in total. The molecule has 6 nitrogen and oxygen atoms in total. The van der Waals surface area contributed by atoms with Gasteiger partial charge in [-0.1, -0.05) is 0 Å². The van der Waals surface area contributed by atoms with Crippen LogP contribution in [0.15, 0.2) is 18.2 Å². The maximum absolute atomic E-state index is 14.1. The summed E-state index contributed by atoms with van der Waals surface area (Å²) in [7, 11) is 0. The molecule has 7 heteroatoms. The molecule has 128 valence electrons. The fraction of sp³-hybridized carbons (Fsp3) is 0.500. The molecule has 0 unspecified atom stereocenters. The van der Waals surface area contributed by atoms with Crippen LogP contribution in [-0.4, -0.2) is 23.4 Å². The second-order valence-electron chi connectivity index (χ2n) is 7.01. The van der Waals surface area contributed by atoms with E-state index < -0.39 is 29.2 Å².